The number of rotatable bonds is 10. The minimum Gasteiger partial charge on any atom is -0.487 e. The molecule has 308 valence electrons. The van der Waals surface area contributed by atoms with E-state index in [2.05, 4.69) is 37.4 Å². The van der Waals surface area contributed by atoms with Crippen LogP contribution in [0.5, 0.6) is 11.5 Å². The SMILES string of the molecule is CCCC(=O)OCCCCC[NH2+]Cc1cc(C)cc(C)c1.F[P-](F)(F)(F)(F)F.c1ccc2c(c1)OCCOCCOCCOCCOCCOCCO2. The van der Waals surface area contributed by atoms with Crippen molar-refractivity contribution in [3.8, 4) is 11.5 Å². The first-order chi connectivity index (χ1) is 25.0. The molecule has 1 aliphatic heterocycles. The Kier molecular flexibility index (Phi) is 23.8. The molecular weight excluding hydrogens is 735 g/mol. The van der Waals surface area contributed by atoms with Crippen LogP contribution in [0.4, 0.5) is 25.2 Å². The van der Waals surface area contributed by atoms with E-state index in [-0.39, 0.29) is 5.97 Å². The number of unbranched alkanes of at least 4 members (excludes halogenated alkanes) is 2. The minimum atomic E-state index is -10.7. The second kappa shape index (κ2) is 26.1. The number of hydrogen-bond acceptors (Lipinski definition) is 9. The van der Waals surface area contributed by atoms with E-state index >= 15 is 0 Å². The number of benzene rings is 2. The summed E-state index contributed by atoms with van der Waals surface area (Å²) >= 11 is 0. The maximum absolute atomic E-state index is 11.2. The molecule has 0 unspecified atom stereocenters. The quantitative estimate of drug-likeness (QED) is 0.112. The largest absolute Gasteiger partial charge is 0.487 e. The fraction of sp³-hybridized carbons (Fsp3) is 0.639. The van der Waals surface area contributed by atoms with Crippen LogP contribution >= 0.6 is 7.81 Å². The van der Waals surface area contributed by atoms with E-state index in [9.17, 15) is 30.0 Å². The molecule has 2 aromatic rings. The van der Waals surface area contributed by atoms with Gasteiger partial charge in [0.25, 0.3) is 0 Å². The number of para-hydroxylation sites is 2. The number of esters is 1. The van der Waals surface area contributed by atoms with Crippen LogP contribution in [0, 0.1) is 13.8 Å². The number of carbonyl (C=O) groups is 1. The molecule has 0 bridgehead atoms. The summed E-state index contributed by atoms with van der Waals surface area (Å²) in [5.41, 5.74) is 4.08. The number of hydrogen-bond donors (Lipinski definition) is 1. The van der Waals surface area contributed by atoms with E-state index in [1.165, 1.54) is 23.1 Å². The van der Waals surface area contributed by atoms with Gasteiger partial charge in [-0.05, 0) is 51.7 Å². The molecule has 17 heteroatoms. The number of nitrogens with two attached hydrogens (primary N) is 1. The van der Waals surface area contributed by atoms with Gasteiger partial charge in [0.15, 0.2) is 11.5 Å². The maximum atomic E-state index is 11.2. The first kappa shape index (κ1) is 48.3. The Hall–Kier alpha value is -2.72. The average Bonchev–Trinajstić information content (AvgIpc) is 3.06. The van der Waals surface area contributed by atoms with Crippen LogP contribution < -0.4 is 14.8 Å². The van der Waals surface area contributed by atoms with Gasteiger partial charge in [0.05, 0.1) is 79.2 Å². The summed E-state index contributed by atoms with van der Waals surface area (Å²) < 4.78 is 103. The smallest absolute Gasteiger partial charge is 0.161 e. The molecule has 2 N–H and O–H groups in total. The molecule has 0 amide bonds. The second-order valence-corrected chi connectivity index (χ2v) is 13.9. The molecule has 53 heavy (non-hydrogen) atoms. The number of ether oxygens (including phenoxy) is 8. The van der Waals surface area contributed by atoms with Crippen molar-refractivity contribution in [3.63, 3.8) is 0 Å². The summed E-state index contributed by atoms with van der Waals surface area (Å²) in [6, 6.07) is 14.3. The van der Waals surface area contributed by atoms with Gasteiger partial charge in [-0.15, -0.1) is 0 Å². The van der Waals surface area contributed by atoms with Gasteiger partial charge in [-0.3, -0.25) is 4.79 Å². The Bertz CT molecular complexity index is 1190. The monoisotopic (exact) mass is 793 g/mol. The minimum absolute atomic E-state index is 0.0566. The molecular formula is C36H58F6NO9P. The number of carbonyl (C=O) groups excluding carboxylic acids is 1. The van der Waals surface area contributed by atoms with Gasteiger partial charge in [-0.25, -0.2) is 0 Å². The summed E-state index contributed by atoms with van der Waals surface area (Å²) in [6.07, 6.45) is 4.70. The van der Waals surface area contributed by atoms with Crippen molar-refractivity contribution in [2.45, 2.75) is 59.4 Å². The topological polar surface area (TPSA) is 108 Å². The van der Waals surface area contributed by atoms with Gasteiger partial charge in [0, 0.05) is 12.0 Å². The van der Waals surface area contributed by atoms with Gasteiger partial charge < -0.3 is 43.2 Å². The van der Waals surface area contributed by atoms with Crippen molar-refractivity contribution in [1.29, 1.82) is 0 Å². The third-order valence-corrected chi connectivity index (χ3v) is 6.74. The Labute approximate surface area is 309 Å². The van der Waals surface area contributed by atoms with Crippen LogP contribution in [0.1, 0.15) is 55.7 Å². The summed E-state index contributed by atoms with van der Waals surface area (Å²) in [7, 11) is -10.7. The zero-order valence-corrected chi connectivity index (χ0v) is 32.0. The van der Waals surface area contributed by atoms with E-state index in [4.69, 9.17) is 37.9 Å². The standard InChI is InChI=1S/C18H29NO2.C18H28O7.F6P/c1-4-8-18(20)21-10-7-5-6-9-19-14-17-12-15(2)11-16(3)13-17;1-2-4-18-17(3-1)24-15-13-22-11-9-20-7-5-19-6-8-21-10-12-23-14-16-25-18;1-7(2,3,4,5)6/h11-13,19H,4-10,14H2,1-3H3;1-4H,5-16H2;/q;;-1/p+1. The molecule has 10 nitrogen and oxygen atoms in total. The zero-order chi connectivity index (χ0) is 39.3. The average molecular weight is 794 g/mol. The van der Waals surface area contributed by atoms with E-state index < -0.39 is 7.81 Å². The van der Waals surface area contributed by atoms with E-state index in [0.29, 0.717) is 104 Å². The second-order valence-electron chi connectivity index (χ2n) is 12.0. The van der Waals surface area contributed by atoms with Gasteiger partial charge >= 0.3 is 39.0 Å². The Morgan fingerprint density at radius 2 is 1.08 bits per heavy atom. The molecule has 0 aliphatic carbocycles. The molecule has 2 aromatic carbocycles. The van der Waals surface area contributed by atoms with Gasteiger partial charge in [-0.2, -0.15) is 0 Å². The van der Waals surface area contributed by atoms with Crippen LogP contribution in [-0.4, -0.2) is 98.4 Å². The van der Waals surface area contributed by atoms with Crippen molar-refractivity contribution in [2.75, 3.05) is 92.4 Å². The predicted molar refractivity (Wildman–Crippen MR) is 191 cm³/mol. The Morgan fingerprint density at radius 1 is 0.660 bits per heavy atom. The predicted octanol–water partition coefficient (Wildman–Crippen LogP) is 7.80. The number of aryl methyl sites for hydroxylation is 2. The molecule has 0 aromatic heterocycles. The third-order valence-electron chi connectivity index (χ3n) is 6.74. The van der Waals surface area contributed by atoms with E-state index in [1.54, 1.807) is 0 Å². The van der Waals surface area contributed by atoms with Crippen molar-refractivity contribution < 1.29 is 73.2 Å². The van der Waals surface area contributed by atoms with Gasteiger partial charge in [-0.1, -0.05) is 48.4 Å². The molecule has 0 saturated heterocycles. The van der Waals surface area contributed by atoms with Gasteiger partial charge in [0.2, 0.25) is 0 Å². The fourth-order valence-corrected chi connectivity index (χ4v) is 4.58. The van der Waals surface area contributed by atoms with E-state index in [1.807, 2.05) is 31.2 Å². The first-order valence-corrected chi connectivity index (χ1v) is 19.9. The number of quaternary nitrogens is 1. The molecule has 0 spiro atoms. The summed E-state index contributed by atoms with van der Waals surface area (Å²) in [5, 5.41) is 2.36. The summed E-state index contributed by atoms with van der Waals surface area (Å²) in [6.45, 7) is 15.3. The summed E-state index contributed by atoms with van der Waals surface area (Å²) in [4.78, 5) is 11.2. The molecule has 0 fully saturated rings. The summed E-state index contributed by atoms with van der Waals surface area (Å²) in [5.74, 6) is 1.35. The fourth-order valence-electron chi connectivity index (χ4n) is 4.58. The molecule has 1 heterocycles. The van der Waals surface area contributed by atoms with Crippen LogP contribution in [0.25, 0.3) is 0 Å². The molecule has 1 aliphatic rings. The number of fused-ring (bicyclic) bond motifs is 1. The van der Waals surface area contributed by atoms with Gasteiger partial charge in [0.1, 0.15) is 19.8 Å². The van der Waals surface area contributed by atoms with Crippen LogP contribution in [0.2, 0.25) is 0 Å². The Balaban J connectivity index is 0.000000455. The molecule has 3 rings (SSSR count). The van der Waals surface area contributed by atoms with E-state index in [0.717, 1.165) is 32.4 Å². The maximum Gasteiger partial charge on any atom is 0.161 e. The normalized spacial score (nSPS) is 16.8. The van der Waals surface area contributed by atoms with Crippen LogP contribution in [-0.2, 0) is 39.8 Å². The van der Waals surface area contributed by atoms with Crippen LogP contribution in [0.3, 0.4) is 0 Å². The Morgan fingerprint density at radius 3 is 1.49 bits per heavy atom. The molecule has 0 radical (unpaired) electrons. The van der Waals surface area contributed by atoms with Crippen LogP contribution in [0.15, 0.2) is 42.5 Å². The van der Waals surface area contributed by atoms with Crippen molar-refractivity contribution in [2.24, 2.45) is 0 Å². The first-order valence-electron chi connectivity index (χ1n) is 17.9. The number of halogens is 6. The van der Waals surface area contributed by atoms with Crippen molar-refractivity contribution in [3.05, 3.63) is 59.2 Å². The molecule has 0 saturated carbocycles. The van der Waals surface area contributed by atoms with Crippen molar-refractivity contribution >= 4 is 13.8 Å². The molecule has 0 atom stereocenters. The third kappa shape index (κ3) is 34.8. The zero-order valence-electron chi connectivity index (χ0n) is 31.2. The van der Waals surface area contributed by atoms with Crippen molar-refractivity contribution in [1.82, 2.24) is 0 Å².